The van der Waals surface area contributed by atoms with Gasteiger partial charge in [0.25, 0.3) is 0 Å². The highest BCUT2D eigenvalue weighted by Gasteiger charge is 2.13. The van der Waals surface area contributed by atoms with Crippen LogP contribution in [-0.2, 0) is 0 Å². The van der Waals surface area contributed by atoms with Gasteiger partial charge in [-0.1, -0.05) is 12.2 Å². The summed E-state index contributed by atoms with van der Waals surface area (Å²) in [5.74, 6) is 0.523. The number of guanidine groups is 1. The van der Waals surface area contributed by atoms with Gasteiger partial charge < -0.3 is 10.6 Å². The highest BCUT2D eigenvalue weighted by molar-refractivity contribution is 7.80. The number of nitrogens with zero attached hydrogens (tertiary/aromatic N) is 2. The molecule has 0 aromatic carbocycles. The standard InChI is InChI=1S/C4H7N3S/c1-7-3(8)2-6-4(7)5/h2H2,1H3,(H2,5,6). The molecule has 8 heavy (non-hydrogen) atoms. The zero-order valence-electron chi connectivity index (χ0n) is 4.59. The van der Waals surface area contributed by atoms with Gasteiger partial charge in [0.2, 0.25) is 0 Å². The van der Waals surface area contributed by atoms with Crippen molar-refractivity contribution in [2.45, 2.75) is 0 Å². The van der Waals surface area contributed by atoms with Crippen molar-refractivity contribution >= 4 is 23.2 Å². The third kappa shape index (κ3) is 0.667. The zero-order chi connectivity index (χ0) is 6.15. The topological polar surface area (TPSA) is 41.6 Å². The van der Waals surface area contributed by atoms with Crippen LogP contribution in [0.1, 0.15) is 0 Å². The average molecular weight is 129 g/mol. The first-order valence-electron chi connectivity index (χ1n) is 2.28. The lowest BCUT2D eigenvalue weighted by molar-refractivity contribution is 0.776. The van der Waals surface area contributed by atoms with Crippen molar-refractivity contribution in [1.29, 1.82) is 0 Å². The molecule has 0 saturated heterocycles. The first-order chi connectivity index (χ1) is 3.72. The van der Waals surface area contributed by atoms with Crippen LogP contribution in [0, 0.1) is 0 Å². The van der Waals surface area contributed by atoms with Gasteiger partial charge in [0.1, 0.15) is 4.99 Å². The Morgan fingerprint density at radius 3 is 2.62 bits per heavy atom. The van der Waals surface area contributed by atoms with Crippen LogP contribution in [0.5, 0.6) is 0 Å². The molecule has 44 valence electrons. The maximum atomic E-state index is 5.36. The largest absolute Gasteiger partial charge is 0.369 e. The summed E-state index contributed by atoms with van der Waals surface area (Å²) in [7, 11) is 1.81. The molecular formula is C4H7N3S. The van der Waals surface area contributed by atoms with Gasteiger partial charge in [0.05, 0.1) is 6.54 Å². The lowest BCUT2D eigenvalue weighted by Crippen LogP contribution is -2.32. The summed E-state index contributed by atoms with van der Waals surface area (Å²) in [4.78, 5) is 6.38. The molecule has 0 aromatic heterocycles. The van der Waals surface area contributed by atoms with Crippen LogP contribution in [0.3, 0.4) is 0 Å². The van der Waals surface area contributed by atoms with Gasteiger partial charge in [-0.05, 0) is 0 Å². The Morgan fingerprint density at radius 2 is 2.50 bits per heavy atom. The van der Waals surface area contributed by atoms with Crippen LogP contribution in [-0.4, -0.2) is 29.4 Å². The van der Waals surface area contributed by atoms with E-state index in [-0.39, 0.29) is 0 Å². The smallest absolute Gasteiger partial charge is 0.196 e. The predicted octanol–water partition coefficient (Wildman–Crippen LogP) is -0.426. The van der Waals surface area contributed by atoms with Crippen LogP contribution in [0.2, 0.25) is 0 Å². The van der Waals surface area contributed by atoms with E-state index in [9.17, 15) is 0 Å². The molecule has 1 aliphatic rings. The average Bonchev–Trinajstić information content (AvgIpc) is 1.98. The van der Waals surface area contributed by atoms with Crippen molar-refractivity contribution in [3.05, 3.63) is 0 Å². The molecule has 0 aromatic rings. The molecule has 0 aliphatic carbocycles. The Labute approximate surface area is 53.2 Å². The summed E-state index contributed by atoms with van der Waals surface area (Å²) < 4.78 is 0. The minimum Gasteiger partial charge on any atom is -0.369 e. The molecule has 0 unspecified atom stereocenters. The molecule has 0 spiro atoms. The molecule has 0 fully saturated rings. The van der Waals surface area contributed by atoms with E-state index in [2.05, 4.69) is 4.99 Å². The molecule has 1 aliphatic heterocycles. The number of rotatable bonds is 0. The fraction of sp³-hybridized carbons (Fsp3) is 0.500. The summed E-state index contributed by atoms with van der Waals surface area (Å²) in [5.41, 5.74) is 5.36. The Hall–Kier alpha value is -0.640. The molecule has 0 saturated carbocycles. The van der Waals surface area contributed by atoms with Gasteiger partial charge in [0, 0.05) is 7.05 Å². The van der Waals surface area contributed by atoms with Crippen LogP contribution in [0.4, 0.5) is 0 Å². The highest BCUT2D eigenvalue weighted by Crippen LogP contribution is 1.96. The van der Waals surface area contributed by atoms with E-state index >= 15 is 0 Å². The van der Waals surface area contributed by atoms with Gasteiger partial charge in [-0.15, -0.1) is 0 Å². The maximum absolute atomic E-state index is 5.36. The van der Waals surface area contributed by atoms with Gasteiger partial charge >= 0.3 is 0 Å². The summed E-state index contributed by atoms with van der Waals surface area (Å²) in [5, 5.41) is 0. The maximum Gasteiger partial charge on any atom is 0.196 e. The third-order valence-electron chi connectivity index (χ3n) is 1.09. The lowest BCUT2D eigenvalue weighted by Gasteiger charge is -2.07. The number of hydrogen-bond donors (Lipinski definition) is 1. The van der Waals surface area contributed by atoms with E-state index < -0.39 is 0 Å². The molecule has 0 bridgehead atoms. The second kappa shape index (κ2) is 1.70. The quantitative estimate of drug-likeness (QED) is 0.451. The molecule has 0 amide bonds. The Bertz CT molecular complexity index is 151. The van der Waals surface area contributed by atoms with E-state index in [1.54, 1.807) is 4.90 Å². The number of nitrogens with two attached hydrogens (primary N) is 1. The minimum absolute atomic E-state index is 0.523. The van der Waals surface area contributed by atoms with Crippen molar-refractivity contribution in [1.82, 2.24) is 4.90 Å². The molecule has 4 heteroatoms. The highest BCUT2D eigenvalue weighted by atomic mass is 32.1. The van der Waals surface area contributed by atoms with E-state index in [0.29, 0.717) is 12.5 Å². The minimum atomic E-state index is 0.523. The first-order valence-corrected chi connectivity index (χ1v) is 2.69. The monoisotopic (exact) mass is 129 g/mol. The van der Waals surface area contributed by atoms with Crippen LogP contribution < -0.4 is 5.73 Å². The number of hydrogen-bond acceptors (Lipinski definition) is 3. The summed E-state index contributed by atoms with van der Waals surface area (Å²) in [6, 6.07) is 0. The number of aliphatic imine (C=N–C) groups is 1. The van der Waals surface area contributed by atoms with Gasteiger partial charge in [-0.3, -0.25) is 0 Å². The SMILES string of the molecule is CN1C(=S)CN=C1N. The van der Waals surface area contributed by atoms with Gasteiger partial charge in [0.15, 0.2) is 5.96 Å². The number of thiocarbonyl (C=S) groups is 1. The Morgan fingerprint density at radius 1 is 1.88 bits per heavy atom. The molecule has 0 atom stereocenters. The lowest BCUT2D eigenvalue weighted by atomic mass is 10.6. The van der Waals surface area contributed by atoms with Crippen LogP contribution >= 0.6 is 12.2 Å². The molecule has 1 heterocycles. The van der Waals surface area contributed by atoms with Gasteiger partial charge in [-0.2, -0.15) is 0 Å². The molecule has 2 N–H and O–H groups in total. The third-order valence-corrected chi connectivity index (χ3v) is 1.50. The van der Waals surface area contributed by atoms with E-state index in [1.165, 1.54) is 0 Å². The van der Waals surface area contributed by atoms with Crippen molar-refractivity contribution in [3.63, 3.8) is 0 Å². The normalized spacial score (nSPS) is 19.4. The second-order valence-electron chi connectivity index (χ2n) is 1.63. The molecular weight excluding hydrogens is 122 g/mol. The van der Waals surface area contributed by atoms with Crippen molar-refractivity contribution in [2.75, 3.05) is 13.6 Å². The van der Waals surface area contributed by atoms with E-state index in [1.807, 2.05) is 7.05 Å². The van der Waals surface area contributed by atoms with Crippen LogP contribution in [0.25, 0.3) is 0 Å². The summed E-state index contributed by atoms with van der Waals surface area (Å²) in [6.45, 7) is 0.581. The zero-order valence-corrected chi connectivity index (χ0v) is 5.40. The fourth-order valence-electron chi connectivity index (χ4n) is 0.489. The summed E-state index contributed by atoms with van der Waals surface area (Å²) >= 11 is 4.85. The Balaban J connectivity index is 2.72. The molecule has 0 radical (unpaired) electrons. The molecule has 3 nitrogen and oxygen atoms in total. The van der Waals surface area contributed by atoms with Crippen molar-refractivity contribution in [2.24, 2.45) is 10.7 Å². The van der Waals surface area contributed by atoms with E-state index in [4.69, 9.17) is 18.0 Å². The van der Waals surface area contributed by atoms with E-state index in [0.717, 1.165) is 4.99 Å². The Kier molecular flexibility index (Phi) is 1.17. The summed E-state index contributed by atoms with van der Waals surface area (Å²) in [6.07, 6.45) is 0. The molecule has 1 rings (SSSR count). The van der Waals surface area contributed by atoms with Crippen LogP contribution in [0.15, 0.2) is 4.99 Å². The van der Waals surface area contributed by atoms with Gasteiger partial charge in [-0.25, -0.2) is 4.99 Å². The fourth-order valence-corrected chi connectivity index (χ4v) is 0.647. The number of likely N-dealkylation sites (N-methyl/N-ethyl adjacent to an activating group) is 1. The van der Waals surface area contributed by atoms with Crippen molar-refractivity contribution < 1.29 is 0 Å². The predicted molar refractivity (Wildman–Crippen MR) is 36.9 cm³/mol. The van der Waals surface area contributed by atoms with Crippen molar-refractivity contribution in [3.8, 4) is 0 Å². The second-order valence-corrected chi connectivity index (χ2v) is 2.10. The first kappa shape index (κ1) is 5.50.